The molecule has 1 heterocycles. The van der Waals surface area contributed by atoms with Crippen molar-refractivity contribution in [3.8, 4) is 0 Å². The topological polar surface area (TPSA) is 38.8 Å². The largest absolute Gasteiger partial charge is 0.469 e. The summed E-state index contributed by atoms with van der Waals surface area (Å²) in [5.41, 5.74) is 0. The van der Waals surface area contributed by atoms with Crippen molar-refractivity contribution in [1.29, 1.82) is 0 Å². The van der Waals surface area contributed by atoms with Crippen molar-refractivity contribution < 1.29 is 14.3 Å². The van der Waals surface area contributed by atoms with Crippen LogP contribution in [0, 0.1) is 5.92 Å². The van der Waals surface area contributed by atoms with Crippen LogP contribution < -0.4 is 0 Å². The van der Waals surface area contributed by atoms with Crippen LogP contribution in [0.5, 0.6) is 0 Å². The standard InChI is InChI=1S/C24H34O3/c1-4-5-13-16-21(2)17-14-11-9-7-6-8-10-12-15-18-22-23(27-22)19-20-24(25)26-3/h5-6,8-15,17-18,21-23H,4,7,16,19-20H2,1-3H3/b8-6-,11-9-,12-10+,13-5-,17-14+,18-15+/t21-,22-,23-/m0/s1. The number of rotatable bonds is 13. The Balaban J connectivity index is 2.08. The third kappa shape index (κ3) is 12.8. The Kier molecular flexibility index (Phi) is 12.7. The summed E-state index contributed by atoms with van der Waals surface area (Å²) in [6.07, 6.45) is 29.8. The number of carbonyl (C=O) groups excluding carboxylic acids is 1. The second-order valence-corrected chi connectivity index (χ2v) is 6.59. The molecule has 0 aliphatic carbocycles. The van der Waals surface area contributed by atoms with Crippen LogP contribution in [0.4, 0.5) is 0 Å². The number of ether oxygens (including phenoxy) is 2. The summed E-state index contributed by atoms with van der Waals surface area (Å²) in [5.74, 6) is 0.402. The van der Waals surface area contributed by atoms with E-state index in [1.165, 1.54) is 7.11 Å². The van der Waals surface area contributed by atoms with E-state index in [4.69, 9.17) is 4.74 Å². The SMILES string of the molecule is CC/C=C\C[C@H](C)/C=C/C=C\C\C=C/C=C/C=C/[C@@H]1O[C@H]1CCC(=O)OC. The van der Waals surface area contributed by atoms with Crippen LogP contribution in [0.1, 0.15) is 46.0 Å². The summed E-state index contributed by atoms with van der Waals surface area (Å²) < 4.78 is 10.1. The molecule has 0 unspecified atom stereocenters. The Labute approximate surface area is 164 Å². The highest BCUT2D eigenvalue weighted by molar-refractivity contribution is 5.69. The molecule has 0 saturated carbocycles. The predicted octanol–water partition coefficient (Wildman–Crippen LogP) is 5.87. The molecule has 3 heteroatoms. The first kappa shape index (κ1) is 22.9. The Bertz CT molecular complexity index is 578. The zero-order valence-electron chi connectivity index (χ0n) is 16.9. The number of hydrogen-bond acceptors (Lipinski definition) is 3. The summed E-state index contributed by atoms with van der Waals surface area (Å²) in [6, 6.07) is 0. The Morgan fingerprint density at radius 3 is 2.52 bits per heavy atom. The van der Waals surface area contributed by atoms with Crippen molar-refractivity contribution in [1.82, 2.24) is 0 Å². The fraction of sp³-hybridized carbons (Fsp3) is 0.458. The van der Waals surface area contributed by atoms with Gasteiger partial charge >= 0.3 is 5.97 Å². The Hall–Kier alpha value is -2.13. The highest BCUT2D eigenvalue weighted by Crippen LogP contribution is 2.27. The van der Waals surface area contributed by atoms with E-state index >= 15 is 0 Å². The van der Waals surface area contributed by atoms with Crippen molar-refractivity contribution >= 4 is 5.97 Å². The molecule has 0 radical (unpaired) electrons. The first-order valence-electron chi connectivity index (χ1n) is 9.88. The van der Waals surface area contributed by atoms with Crippen LogP contribution in [0.2, 0.25) is 0 Å². The highest BCUT2D eigenvalue weighted by Gasteiger charge is 2.36. The van der Waals surface area contributed by atoms with E-state index in [0.29, 0.717) is 12.3 Å². The molecule has 148 valence electrons. The van der Waals surface area contributed by atoms with Gasteiger partial charge < -0.3 is 9.47 Å². The minimum absolute atomic E-state index is 0.137. The fourth-order valence-corrected chi connectivity index (χ4v) is 2.42. The minimum Gasteiger partial charge on any atom is -0.469 e. The average Bonchev–Trinajstić information content (AvgIpc) is 3.42. The molecule has 27 heavy (non-hydrogen) atoms. The lowest BCUT2D eigenvalue weighted by molar-refractivity contribution is -0.140. The van der Waals surface area contributed by atoms with E-state index in [9.17, 15) is 4.79 Å². The van der Waals surface area contributed by atoms with E-state index in [-0.39, 0.29) is 18.2 Å². The molecular formula is C24H34O3. The zero-order valence-corrected chi connectivity index (χ0v) is 16.9. The summed E-state index contributed by atoms with van der Waals surface area (Å²) in [7, 11) is 1.41. The van der Waals surface area contributed by atoms with Gasteiger partial charge in [0.2, 0.25) is 0 Å². The summed E-state index contributed by atoms with van der Waals surface area (Å²) >= 11 is 0. The molecule has 0 bridgehead atoms. The van der Waals surface area contributed by atoms with Gasteiger partial charge in [-0.05, 0) is 31.6 Å². The molecule has 1 saturated heterocycles. The highest BCUT2D eigenvalue weighted by atomic mass is 16.6. The van der Waals surface area contributed by atoms with Crippen LogP contribution in [-0.2, 0) is 14.3 Å². The lowest BCUT2D eigenvalue weighted by Crippen LogP contribution is -2.02. The molecule has 1 aliphatic heterocycles. The minimum atomic E-state index is -0.179. The Morgan fingerprint density at radius 2 is 1.78 bits per heavy atom. The quantitative estimate of drug-likeness (QED) is 0.176. The maximum absolute atomic E-state index is 11.0. The first-order valence-corrected chi connectivity index (χ1v) is 9.88. The lowest BCUT2D eigenvalue weighted by atomic mass is 10.1. The van der Waals surface area contributed by atoms with Crippen molar-refractivity contribution in [2.24, 2.45) is 5.92 Å². The maximum atomic E-state index is 11.0. The van der Waals surface area contributed by atoms with Gasteiger partial charge in [0.15, 0.2) is 0 Å². The molecule has 0 aromatic rings. The van der Waals surface area contributed by atoms with Gasteiger partial charge in [0, 0.05) is 6.42 Å². The van der Waals surface area contributed by atoms with Gasteiger partial charge in [0.1, 0.15) is 6.10 Å². The van der Waals surface area contributed by atoms with Crippen LogP contribution in [0.3, 0.4) is 0 Å². The molecule has 0 amide bonds. The molecule has 3 nitrogen and oxygen atoms in total. The first-order chi connectivity index (χ1) is 13.2. The smallest absolute Gasteiger partial charge is 0.305 e. The molecule has 1 aliphatic rings. The van der Waals surface area contributed by atoms with E-state index in [0.717, 1.165) is 25.7 Å². The van der Waals surface area contributed by atoms with Crippen LogP contribution in [-0.4, -0.2) is 25.3 Å². The molecule has 0 aromatic carbocycles. The summed E-state index contributed by atoms with van der Waals surface area (Å²) in [4.78, 5) is 11.0. The number of hydrogen-bond donors (Lipinski definition) is 0. The molecule has 0 spiro atoms. The summed E-state index contributed by atoms with van der Waals surface area (Å²) in [5, 5.41) is 0. The van der Waals surface area contributed by atoms with Crippen molar-refractivity contribution in [2.75, 3.05) is 7.11 Å². The molecule has 3 atom stereocenters. The third-order valence-electron chi connectivity index (χ3n) is 4.12. The zero-order chi connectivity index (χ0) is 19.7. The molecule has 0 N–H and O–H groups in total. The second kappa shape index (κ2) is 15.0. The van der Waals surface area contributed by atoms with Crippen LogP contribution in [0.15, 0.2) is 72.9 Å². The van der Waals surface area contributed by atoms with Crippen LogP contribution >= 0.6 is 0 Å². The second-order valence-electron chi connectivity index (χ2n) is 6.59. The molecule has 0 aromatic heterocycles. The van der Waals surface area contributed by atoms with E-state index in [1.807, 2.05) is 30.4 Å². The van der Waals surface area contributed by atoms with E-state index < -0.39 is 0 Å². The van der Waals surface area contributed by atoms with Gasteiger partial charge in [-0.25, -0.2) is 0 Å². The fourth-order valence-electron chi connectivity index (χ4n) is 2.42. The molecular weight excluding hydrogens is 336 g/mol. The number of allylic oxidation sites excluding steroid dienone is 11. The maximum Gasteiger partial charge on any atom is 0.305 e. The summed E-state index contributed by atoms with van der Waals surface area (Å²) in [6.45, 7) is 4.39. The predicted molar refractivity (Wildman–Crippen MR) is 113 cm³/mol. The van der Waals surface area contributed by atoms with Crippen molar-refractivity contribution in [3.63, 3.8) is 0 Å². The number of esters is 1. The van der Waals surface area contributed by atoms with Crippen molar-refractivity contribution in [3.05, 3.63) is 72.9 Å². The van der Waals surface area contributed by atoms with Gasteiger partial charge in [-0.2, -0.15) is 0 Å². The number of epoxide rings is 1. The number of carbonyl (C=O) groups is 1. The third-order valence-corrected chi connectivity index (χ3v) is 4.12. The van der Waals surface area contributed by atoms with E-state index in [2.05, 4.69) is 61.1 Å². The van der Waals surface area contributed by atoms with Gasteiger partial charge in [-0.15, -0.1) is 0 Å². The molecule has 1 rings (SSSR count). The molecule has 1 fully saturated rings. The Morgan fingerprint density at radius 1 is 1.04 bits per heavy atom. The number of methoxy groups -OCH3 is 1. The van der Waals surface area contributed by atoms with Gasteiger partial charge in [-0.1, -0.05) is 86.8 Å². The van der Waals surface area contributed by atoms with E-state index in [1.54, 1.807) is 0 Å². The van der Waals surface area contributed by atoms with Gasteiger partial charge in [0.05, 0.1) is 13.2 Å². The average molecular weight is 371 g/mol. The lowest BCUT2D eigenvalue weighted by Gasteiger charge is -1.99. The van der Waals surface area contributed by atoms with Gasteiger partial charge in [-0.3, -0.25) is 4.79 Å². The van der Waals surface area contributed by atoms with Crippen molar-refractivity contribution in [2.45, 2.75) is 58.2 Å². The normalized spacial score (nSPS) is 21.6. The monoisotopic (exact) mass is 370 g/mol. The van der Waals surface area contributed by atoms with Crippen LogP contribution in [0.25, 0.3) is 0 Å². The van der Waals surface area contributed by atoms with Gasteiger partial charge in [0.25, 0.3) is 0 Å².